The molecule has 2 atom stereocenters. The smallest absolute Gasteiger partial charge is 0.335 e. The molecule has 4 nitrogen and oxygen atoms in total. The van der Waals surface area contributed by atoms with Crippen molar-refractivity contribution in [3.8, 4) is 0 Å². The second kappa shape index (κ2) is 7.37. The van der Waals surface area contributed by atoms with Gasteiger partial charge >= 0.3 is 6.03 Å². The average molecular weight is 400 g/mol. The Kier molecular flexibility index (Phi) is 4.94. The van der Waals surface area contributed by atoms with E-state index in [0.29, 0.717) is 10.0 Å². The van der Waals surface area contributed by atoms with Crippen molar-refractivity contribution in [3.63, 3.8) is 0 Å². The summed E-state index contributed by atoms with van der Waals surface area (Å²) in [6, 6.07) is 14.5. The van der Waals surface area contributed by atoms with Crippen LogP contribution in [0.25, 0.3) is 6.08 Å². The first-order valence-electron chi connectivity index (χ1n) is 8.92. The van der Waals surface area contributed by atoms with Gasteiger partial charge in [0, 0.05) is 16.0 Å². The number of nitrogens with zero attached hydrogens (tertiary/aromatic N) is 2. The van der Waals surface area contributed by atoms with Gasteiger partial charge in [-0.1, -0.05) is 47.5 Å². The third-order valence-electron chi connectivity index (χ3n) is 5.15. The molecule has 0 bridgehead atoms. The second-order valence-corrected chi connectivity index (χ2v) is 7.76. The maximum atomic E-state index is 12.1. The first kappa shape index (κ1) is 18.1. The summed E-state index contributed by atoms with van der Waals surface area (Å²) in [6.07, 6.45) is 5.07. The molecule has 2 aromatic rings. The Bertz CT molecular complexity index is 919. The topological polar surface area (TPSA) is 58.7 Å². The minimum Gasteiger partial charge on any atom is -0.350 e. The number of fused-ring (bicyclic) bond motifs is 1. The fourth-order valence-electron chi connectivity index (χ4n) is 3.94. The summed E-state index contributed by atoms with van der Waals surface area (Å²) in [5, 5.41) is 7.42. The number of benzene rings is 2. The van der Waals surface area contributed by atoms with E-state index in [1.165, 1.54) is 5.01 Å². The van der Waals surface area contributed by atoms with Crippen molar-refractivity contribution in [2.24, 2.45) is 16.8 Å². The maximum absolute atomic E-state index is 12.1. The van der Waals surface area contributed by atoms with Gasteiger partial charge in [-0.15, -0.1) is 0 Å². The van der Waals surface area contributed by atoms with E-state index in [9.17, 15) is 4.79 Å². The summed E-state index contributed by atoms with van der Waals surface area (Å²) in [6.45, 7) is 0. The standard InChI is InChI=1S/C21H19Cl2N3O/c22-16-8-4-13(5-9-16)12-15-2-1-3-18-19(15)25-26(21(24)27)20(18)14-6-10-17(23)11-7-14/h4-12,18,20H,1-3H2,(H2,24,27)/b15-12+/t18-,20+/m0/s1. The summed E-state index contributed by atoms with van der Waals surface area (Å²) in [4.78, 5) is 12.1. The molecule has 1 heterocycles. The molecule has 138 valence electrons. The minimum absolute atomic E-state index is 0.131. The number of amides is 2. The highest BCUT2D eigenvalue weighted by atomic mass is 35.5. The number of hydrazone groups is 1. The number of hydrogen-bond acceptors (Lipinski definition) is 2. The largest absolute Gasteiger partial charge is 0.350 e. The van der Waals surface area contributed by atoms with E-state index in [0.717, 1.165) is 41.7 Å². The van der Waals surface area contributed by atoms with Gasteiger partial charge in [-0.05, 0) is 66.3 Å². The Morgan fingerprint density at radius 2 is 1.70 bits per heavy atom. The Hall–Kier alpha value is -2.30. The summed E-state index contributed by atoms with van der Waals surface area (Å²) >= 11 is 12.0. The van der Waals surface area contributed by atoms with Crippen molar-refractivity contribution in [2.45, 2.75) is 25.3 Å². The van der Waals surface area contributed by atoms with E-state index in [2.05, 4.69) is 11.2 Å². The lowest BCUT2D eigenvalue weighted by Crippen LogP contribution is -2.35. The predicted molar refractivity (Wildman–Crippen MR) is 110 cm³/mol. The molecule has 0 unspecified atom stereocenters. The molecular weight excluding hydrogens is 381 g/mol. The first-order chi connectivity index (χ1) is 13.0. The van der Waals surface area contributed by atoms with Crippen LogP contribution >= 0.6 is 23.2 Å². The highest BCUT2D eigenvalue weighted by molar-refractivity contribution is 6.30. The van der Waals surface area contributed by atoms with Gasteiger partial charge in [0.15, 0.2) is 0 Å². The number of urea groups is 1. The molecule has 0 spiro atoms. The Labute approximate surface area is 168 Å². The fraction of sp³-hybridized carbons (Fsp3) is 0.238. The first-order valence-corrected chi connectivity index (χ1v) is 9.67. The Morgan fingerprint density at radius 3 is 2.33 bits per heavy atom. The third-order valence-corrected chi connectivity index (χ3v) is 5.65. The molecule has 2 aliphatic rings. The molecule has 2 aromatic carbocycles. The molecule has 2 amide bonds. The monoisotopic (exact) mass is 399 g/mol. The number of hydrogen-bond donors (Lipinski definition) is 1. The number of rotatable bonds is 2. The predicted octanol–water partition coefficient (Wildman–Crippen LogP) is 5.67. The number of carbonyl (C=O) groups excluding carboxylic acids is 1. The lowest BCUT2D eigenvalue weighted by molar-refractivity contribution is 0.184. The van der Waals surface area contributed by atoms with Crippen molar-refractivity contribution in [2.75, 3.05) is 0 Å². The molecule has 1 fully saturated rings. The van der Waals surface area contributed by atoms with Gasteiger partial charge in [0.25, 0.3) is 0 Å². The molecule has 4 rings (SSSR count). The highest BCUT2D eigenvalue weighted by Gasteiger charge is 2.43. The summed E-state index contributed by atoms with van der Waals surface area (Å²) < 4.78 is 0. The zero-order valence-electron chi connectivity index (χ0n) is 14.6. The van der Waals surface area contributed by atoms with Gasteiger partial charge in [0.1, 0.15) is 0 Å². The fourth-order valence-corrected chi connectivity index (χ4v) is 4.19. The van der Waals surface area contributed by atoms with Crippen LogP contribution in [0.15, 0.2) is 59.2 Å². The van der Waals surface area contributed by atoms with E-state index >= 15 is 0 Å². The molecule has 1 saturated carbocycles. The van der Waals surface area contributed by atoms with Gasteiger partial charge in [0.05, 0.1) is 11.8 Å². The van der Waals surface area contributed by atoms with Crippen LogP contribution < -0.4 is 5.73 Å². The van der Waals surface area contributed by atoms with E-state index in [1.807, 2.05) is 48.5 Å². The third kappa shape index (κ3) is 3.60. The van der Waals surface area contributed by atoms with Gasteiger partial charge in [-0.25, -0.2) is 9.80 Å². The molecule has 1 aliphatic heterocycles. The van der Waals surface area contributed by atoms with Crippen molar-refractivity contribution in [1.29, 1.82) is 0 Å². The van der Waals surface area contributed by atoms with Crippen molar-refractivity contribution in [1.82, 2.24) is 5.01 Å². The normalized spacial score (nSPS) is 23.3. The van der Waals surface area contributed by atoms with E-state index < -0.39 is 6.03 Å². The lowest BCUT2D eigenvalue weighted by Gasteiger charge is -2.29. The molecule has 6 heteroatoms. The molecule has 27 heavy (non-hydrogen) atoms. The molecule has 0 aromatic heterocycles. The number of nitrogens with two attached hydrogens (primary N) is 1. The van der Waals surface area contributed by atoms with Gasteiger partial charge in [0.2, 0.25) is 0 Å². The van der Waals surface area contributed by atoms with Crippen LogP contribution in [0, 0.1) is 5.92 Å². The van der Waals surface area contributed by atoms with Crippen LogP contribution in [-0.2, 0) is 0 Å². The van der Waals surface area contributed by atoms with Crippen LogP contribution in [0.4, 0.5) is 4.79 Å². The zero-order chi connectivity index (χ0) is 19.0. The molecule has 2 N–H and O–H groups in total. The van der Waals surface area contributed by atoms with Crippen LogP contribution in [0.5, 0.6) is 0 Å². The molecule has 1 aliphatic carbocycles. The van der Waals surface area contributed by atoms with Gasteiger partial charge < -0.3 is 5.73 Å². The van der Waals surface area contributed by atoms with Crippen LogP contribution in [0.1, 0.15) is 36.4 Å². The number of allylic oxidation sites excluding steroid dienone is 1. The van der Waals surface area contributed by atoms with Gasteiger partial charge in [-0.2, -0.15) is 5.10 Å². The van der Waals surface area contributed by atoms with Crippen molar-refractivity contribution >= 4 is 41.0 Å². The van der Waals surface area contributed by atoms with Crippen LogP contribution in [-0.4, -0.2) is 16.8 Å². The number of halogens is 2. The summed E-state index contributed by atoms with van der Waals surface area (Å²) in [7, 11) is 0. The Morgan fingerprint density at radius 1 is 1.07 bits per heavy atom. The summed E-state index contributed by atoms with van der Waals surface area (Å²) in [5.41, 5.74) is 9.81. The summed E-state index contributed by atoms with van der Waals surface area (Å²) in [5.74, 6) is 0.131. The van der Waals surface area contributed by atoms with Crippen LogP contribution in [0.2, 0.25) is 10.0 Å². The van der Waals surface area contributed by atoms with E-state index in [4.69, 9.17) is 28.9 Å². The Balaban J connectivity index is 1.72. The minimum atomic E-state index is -0.539. The number of primary amides is 1. The number of carbonyl (C=O) groups is 1. The quantitative estimate of drug-likeness (QED) is 0.694. The zero-order valence-corrected chi connectivity index (χ0v) is 16.1. The molecule has 0 saturated heterocycles. The average Bonchev–Trinajstić information content (AvgIpc) is 3.05. The molecular formula is C21H19Cl2N3O. The molecule has 0 radical (unpaired) electrons. The SMILES string of the molecule is NC(=O)N1N=C2/C(=C/c3ccc(Cl)cc3)CCC[C@@H]2[C@H]1c1ccc(Cl)cc1. The highest BCUT2D eigenvalue weighted by Crippen LogP contribution is 2.44. The lowest BCUT2D eigenvalue weighted by atomic mass is 9.77. The van der Waals surface area contributed by atoms with E-state index in [-0.39, 0.29) is 12.0 Å². The van der Waals surface area contributed by atoms with E-state index in [1.54, 1.807) is 0 Å². The second-order valence-electron chi connectivity index (χ2n) is 6.88. The maximum Gasteiger partial charge on any atom is 0.335 e. The van der Waals surface area contributed by atoms with Crippen molar-refractivity contribution < 1.29 is 4.79 Å². The van der Waals surface area contributed by atoms with Crippen LogP contribution in [0.3, 0.4) is 0 Å². The van der Waals surface area contributed by atoms with Crippen molar-refractivity contribution in [3.05, 3.63) is 75.3 Å². The van der Waals surface area contributed by atoms with Gasteiger partial charge in [-0.3, -0.25) is 0 Å².